The van der Waals surface area contributed by atoms with Crippen LogP contribution in [0.5, 0.6) is 0 Å². The third-order valence-corrected chi connectivity index (χ3v) is 15.9. The quantitative estimate of drug-likeness (QED) is 0.164. The van der Waals surface area contributed by atoms with E-state index < -0.39 is 15.3 Å². The topological polar surface area (TPSA) is 34.1 Å². The molecule has 0 amide bonds. The molecule has 288 valence electrons. The fraction of sp³-hybridized carbons (Fsp3) is 0.127. The van der Waals surface area contributed by atoms with E-state index in [2.05, 4.69) is 187 Å². The molecule has 8 aromatic rings. The summed E-state index contributed by atoms with van der Waals surface area (Å²) in [5.41, 5.74) is 23.0. The predicted octanol–water partition coefficient (Wildman–Crippen LogP) is 8.72. The van der Waals surface area contributed by atoms with Crippen LogP contribution in [0.25, 0.3) is 44.5 Å². The first-order valence-corrected chi connectivity index (χ1v) is 22.6. The van der Waals surface area contributed by atoms with Crippen molar-refractivity contribution in [1.82, 2.24) is 0 Å². The monoisotopic (exact) mass is 790 g/mol. The Morgan fingerprint density at radius 2 is 0.650 bits per heavy atom. The van der Waals surface area contributed by atoms with Crippen LogP contribution in [0, 0.1) is 27.7 Å². The van der Waals surface area contributed by atoms with Crippen LogP contribution in [0.15, 0.2) is 168 Å². The maximum Gasteiger partial charge on any atom is 0.243 e. The molecule has 2 nitrogen and oxygen atoms in total. The standard InChI is InChI=1S/C55H44B2O2S/c1-33-15-11-23-43-39-19-7-8-20-40(39)44-24-12-16-34(2)52(44)56(51(33)43)37-27-29-49-47(31-37)55(5,6)48-32-38(28-30-50(48)60(49,58)59)57-53-35(3)17-13-25-45(53)41-21-9-10-22-42(41)46-26-14-18-36(4)54(46)57/h7-32H,1-6H3. The molecule has 3 heterocycles. The van der Waals surface area contributed by atoms with Crippen LogP contribution >= 0.6 is 0 Å². The molecule has 60 heavy (non-hydrogen) atoms. The lowest BCUT2D eigenvalue weighted by molar-refractivity contribution is 0.556. The molecule has 0 spiro atoms. The van der Waals surface area contributed by atoms with Gasteiger partial charge in [0.25, 0.3) is 0 Å². The van der Waals surface area contributed by atoms with E-state index in [1.54, 1.807) is 0 Å². The fourth-order valence-electron chi connectivity index (χ4n) is 11.2. The Morgan fingerprint density at radius 1 is 0.367 bits per heavy atom. The zero-order valence-electron chi connectivity index (χ0n) is 34.9. The second-order valence-electron chi connectivity index (χ2n) is 17.7. The van der Waals surface area contributed by atoms with Gasteiger partial charge in [-0.3, -0.25) is 0 Å². The van der Waals surface area contributed by atoms with Crippen molar-refractivity contribution in [3.8, 4) is 44.5 Å². The minimum atomic E-state index is -3.84. The van der Waals surface area contributed by atoms with Gasteiger partial charge in [0, 0.05) is 5.41 Å². The summed E-state index contributed by atoms with van der Waals surface area (Å²) in [6.45, 7) is 13.1. The van der Waals surface area contributed by atoms with Gasteiger partial charge in [-0.05, 0) is 95.5 Å². The molecule has 0 fully saturated rings. The number of rotatable bonds is 2. The van der Waals surface area contributed by atoms with Gasteiger partial charge >= 0.3 is 0 Å². The lowest BCUT2D eigenvalue weighted by atomic mass is 9.34. The van der Waals surface area contributed by atoms with Gasteiger partial charge in [-0.15, -0.1) is 0 Å². The van der Waals surface area contributed by atoms with Gasteiger partial charge in [0.15, 0.2) is 0 Å². The zero-order chi connectivity index (χ0) is 41.2. The summed E-state index contributed by atoms with van der Waals surface area (Å²) in [5, 5.41) is 0. The summed E-state index contributed by atoms with van der Waals surface area (Å²) in [4.78, 5) is 0.798. The first-order valence-electron chi connectivity index (χ1n) is 21.1. The highest BCUT2D eigenvalue weighted by Gasteiger charge is 2.44. The van der Waals surface area contributed by atoms with Gasteiger partial charge in [0.1, 0.15) is 0 Å². The van der Waals surface area contributed by atoms with Crippen molar-refractivity contribution in [3.63, 3.8) is 0 Å². The van der Waals surface area contributed by atoms with Gasteiger partial charge in [-0.2, -0.15) is 0 Å². The molecular weight excluding hydrogens is 746 g/mol. The fourth-order valence-corrected chi connectivity index (χ4v) is 13.2. The molecule has 0 aromatic heterocycles. The highest BCUT2D eigenvalue weighted by molar-refractivity contribution is 7.91. The van der Waals surface area contributed by atoms with Gasteiger partial charge in [0.05, 0.1) is 9.79 Å². The summed E-state index contributed by atoms with van der Waals surface area (Å²) >= 11 is 0. The van der Waals surface area contributed by atoms with Crippen molar-refractivity contribution in [2.45, 2.75) is 56.7 Å². The average Bonchev–Trinajstić information content (AvgIpc) is 3.47. The van der Waals surface area contributed by atoms with Crippen molar-refractivity contribution < 1.29 is 8.42 Å². The number of hydrogen-bond acceptors (Lipinski definition) is 2. The summed E-state index contributed by atoms with van der Waals surface area (Å²) in [6.07, 6.45) is 0. The predicted molar refractivity (Wildman–Crippen MR) is 253 cm³/mol. The Kier molecular flexibility index (Phi) is 8.10. The van der Waals surface area contributed by atoms with E-state index >= 15 is 0 Å². The van der Waals surface area contributed by atoms with Crippen molar-refractivity contribution in [2.75, 3.05) is 0 Å². The number of sulfone groups is 1. The van der Waals surface area contributed by atoms with Crippen molar-refractivity contribution in [3.05, 3.63) is 191 Å². The first kappa shape index (κ1) is 36.9. The Morgan fingerprint density at radius 3 is 0.950 bits per heavy atom. The summed E-state index contributed by atoms with van der Waals surface area (Å²) in [5.74, 6) is 0. The van der Waals surface area contributed by atoms with Crippen LogP contribution in [-0.4, -0.2) is 21.8 Å². The van der Waals surface area contributed by atoms with E-state index in [-0.39, 0.29) is 13.4 Å². The molecule has 3 aliphatic heterocycles. The minimum Gasteiger partial charge on any atom is -0.218 e. The largest absolute Gasteiger partial charge is 0.243 e. The van der Waals surface area contributed by atoms with Crippen molar-refractivity contribution in [1.29, 1.82) is 0 Å². The SMILES string of the molecule is Cc1cccc2c1B(c1ccc3c(c1)C(C)(C)c1cc(B4c5c(C)cccc5-c5ccccc5-c5cccc(C)c54)ccc1S3(=O)=O)c1c(C)cccc1-c1ccccc1-2. The maximum absolute atomic E-state index is 15.0. The molecule has 0 saturated heterocycles. The second kappa shape index (κ2) is 13.2. The van der Waals surface area contributed by atoms with Crippen LogP contribution in [0.4, 0.5) is 0 Å². The molecule has 0 N–H and O–H groups in total. The van der Waals surface area contributed by atoms with E-state index in [0.717, 1.165) is 22.1 Å². The lowest BCUT2D eigenvalue weighted by Gasteiger charge is -2.36. The van der Waals surface area contributed by atoms with E-state index in [4.69, 9.17) is 0 Å². The van der Waals surface area contributed by atoms with Gasteiger partial charge in [0.2, 0.25) is 23.3 Å². The molecule has 0 unspecified atom stereocenters. The normalized spacial score (nSPS) is 14.8. The number of aryl methyl sites for hydroxylation is 4. The molecule has 3 aliphatic rings. The summed E-state index contributed by atoms with van der Waals surface area (Å²) < 4.78 is 30.0. The molecule has 0 radical (unpaired) electrons. The van der Waals surface area contributed by atoms with E-state index in [9.17, 15) is 8.42 Å². The zero-order valence-corrected chi connectivity index (χ0v) is 35.7. The lowest BCUT2D eigenvalue weighted by Crippen LogP contribution is -2.55. The molecular formula is C55H44B2O2S. The molecule has 5 heteroatoms. The Labute approximate surface area is 355 Å². The summed E-state index contributed by atoms with van der Waals surface area (Å²) in [6, 6.07) is 56.5. The van der Waals surface area contributed by atoms with Crippen LogP contribution < -0.4 is 32.8 Å². The van der Waals surface area contributed by atoms with Crippen molar-refractivity contribution in [2.24, 2.45) is 0 Å². The third-order valence-electron chi connectivity index (χ3n) is 14.1. The number of fused-ring (bicyclic) bond motifs is 12. The van der Waals surface area contributed by atoms with Crippen LogP contribution in [0.2, 0.25) is 0 Å². The van der Waals surface area contributed by atoms with Crippen molar-refractivity contribution >= 4 is 56.0 Å². The first-order chi connectivity index (χ1) is 29.0. The maximum atomic E-state index is 15.0. The Bertz CT molecular complexity index is 2910. The number of benzene rings is 8. The van der Waals surface area contributed by atoms with Crippen LogP contribution in [-0.2, 0) is 15.3 Å². The van der Waals surface area contributed by atoms with Gasteiger partial charge in [-0.1, -0.05) is 214 Å². The molecule has 8 aromatic carbocycles. The Balaban J connectivity index is 1.14. The third kappa shape index (κ3) is 5.12. The Hall–Kier alpha value is -6.16. The van der Waals surface area contributed by atoms with Gasteiger partial charge < -0.3 is 0 Å². The second-order valence-corrected chi connectivity index (χ2v) is 19.6. The van der Waals surface area contributed by atoms with Crippen LogP contribution in [0.3, 0.4) is 0 Å². The highest BCUT2D eigenvalue weighted by Crippen LogP contribution is 2.46. The molecule has 0 bridgehead atoms. The molecule has 0 atom stereocenters. The molecule has 0 saturated carbocycles. The number of hydrogen-bond donors (Lipinski definition) is 0. The minimum absolute atomic E-state index is 0.104. The van der Waals surface area contributed by atoms with E-state index in [1.807, 2.05) is 12.1 Å². The molecule has 11 rings (SSSR count). The smallest absolute Gasteiger partial charge is 0.218 e. The highest BCUT2D eigenvalue weighted by atomic mass is 32.2. The molecule has 0 aliphatic carbocycles. The van der Waals surface area contributed by atoms with E-state index in [0.29, 0.717) is 9.79 Å². The van der Waals surface area contributed by atoms with Crippen LogP contribution in [0.1, 0.15) is 47.2 Å². The van der Waals surface area contributed by atoms with Gasteiger partial charge in [-0.25, -0.2) is 8.42 Å². The average molecular weight is 791 g/mol. The van der Waals surface area contributed by atoms with E-state index in [1.165, 1.54) is 88.6 Å². The summed E-state index contributed by atoms with van der Waals surface area (Å²) in [7, 11) is -3.84.